The lowest BCUT2D eigenvalue weighted by Gasteiger charge is -2.49. The quantitative estimate of drug-likeness (QED) is 0.0187. The van der Waals surface area contributed by atoms with Crippen LogP contribution >= 0.6 is 34.7 Å². The van der Waals surface area contributed by atoms with Crippen molar-refractivity contribution in [3.63, 3.8) is 0 Å². The average molecular weight is 1030 g/mol. The lowest BCUT2D eigenvalue weighted by molar-refractivity contribution is -0.159. The molecule has 2 amide bonds. The van der Waals surface area contributed by atoms with Crippen molar-refractivity contribution in [1.29, 1.82) is 0 Å². The number of benzene rings is 6. The van der Waals surface area contributed by atoms with E-state index < -0.39 is 52.2 Å². The van der Waals surface area contributed by atoms with Crippen LogP contribution in [0, 0.1) is 0 Å². The largest absolute Gasteiger partial charge is 0.497 e. The number of thioether (sulfide) groups is 1. The molecule has 13 nitrogen and oxygen atoms in total. The number of fused-ring (bicyclic) bond motifs is 1. The summed E-state index contributed by atoms with van der Waals surface area (Å²) in [5.74, 6) is -2.70. The van der Waals surface area contributed by atoms with Gasteiger partial charge in [-0.05, 0) is 58.0 Å². The Labute approximate surface area is 436 Å². The first-order chi connectivity index (χ1) is 35.6. The molecule has 3 atom stereocenters. The molecule has 3 heterocycles. The highest BCUT2D eigenvalue weighted by atomic mass is 35.5. The van der Waals surface area contributed by atoms with Gasteiger partial charge in [0.25, 0.3) is 11.8 Å². The van der Waals surface area contributed by atoms with E-state index in [2.05, 4.69) is 52.2 Å². The molecule has 6 aromatic carbocycles. The number of aromatic nitrogens is 1. The Morgan fingerprint density at radius 3 is 1.85 bits per heavy atom. The Balaban J connectivity index is 0.946. The van der Waals surface area contributed by atoms with Crippen molar-refractivity contribution in [3.05, 3.63) is 232 Å². The lowest BCUT2D eigenvalue weighted by atomic mass is 9.77. The standard InChI is InChI=1S/C57H50ClN5O8S2/c1-56(40-18-8-3-9-19-40,41-20-10-4-11-21-41)71-53(66)46(47-37-73-55(60-47)62-57(42-22-12-5-13-23-42,43-24-14-6-15-25-43)44-26-16-7-17-27-44)35-70-59-33-48(64)61-49-51(65)63-50(39(32-58)36-72-52(49)63)54(67)69-34-38-28-30-45(68-2)31-29-38/h3-31,33,37,46,49,52H,32,34-36H2,1-2H3,(H,60,62)(H,61,64)/b59-33-/t46-,49+,52+/m0/s1. The molecule has 0 spiro atoms. The van der Waals surface area contributed by atoms with Gasteiger partial charge in [-0.3, -0.25) is 19.3 Å². The fraction of sp³-hybridized carbons (Fsp3) is 0.193. The third-order valence-electron chi connectivity index (χ3n) is 12.7. The van der Waals surface area contributed by atoms with Gasteiger partial charge in [-0.15, -0.1) is 34.7 Å². The van der Waals surface area contributed by atoms with E-state index in [1.165, 1.54) is 28.0 Å². The monoisotopic (exact) mass is 1030 g/mol. The molecular weight excluding hydrogens is 982 g/mol. The van der Waals surface area contributed by atoms with Crippen molar-refractivity contribution in [2.24, 2.45) is 5.16 Å². The number of thiazole rings is 1. The number of carbonyl (C=O) groups excluding carboxylic acids is 4. The number of carbonyl (C=O) groups is 4. The highest BCUT2D eigenvalue weighted by Gasteiger charge is 2.54. The topological polar surface area (TPSA) is 158 Å². The fourth-order valence-corrected chi connectivity index (χ4v) is 11.4. The number of esters is 2. The van der Waals surface area contributed by atoms with Crippen LogP contribution in [0.1, 0.15) is 51.9 Å². The van der Waals surface area contributed by atoms with Crippen LogP contribution < -0.4 is 15.4 Å². The fourth-order valence-electron chi connectivity index (χ4n) is 8.90. The van der Waals surface area contributed by atoms with Crippen LogP contribution in [0.25, 0.3) is 0 Å². The van der Waals surface area contributed by atoms with Crippen molar-refractivity contribution in [2.75, 3.05) is 30.7 Å². The van der Waals surface area contributed by atoms with E-state index in [0.717, 1.165) is 39.6 Å². The second-order valence-electron chi connectivity index (χ2n) is 17.2. The molecule has 2 aliphatic heterocycles. The maximum atomic E-state index is 14.8. The first kappa shape index (κ1) is 50.2. The number of amides is 2. The highest BCUT2D eigenvalue weighted by Crippen LogP contribution is 2.43. The molecule has 73 heavy (non-hydrogen) atoms. The van der Waals surface area contributed by atoms with Gasteiger partial charge in [0.05, 0.1) is 12.8 Å². The first-order valence-electron chi connectivity index (χ1n) is 23.4. The maximum absolute atomic E-state index is 14.8. The van der Waals surface area contributed by atoms with Gasteiger partial charge < -0.3 is 29.7 Å². The number of β-lactam (4-membered cyclic amide) rings is 1. The van der Waals surface area contributed by atoms with E-state index in [9.17, 15) is 19.2 Å². The summed E-state index contributed by atoms with van der Waals surface area (Å²) in [6.07, 6.45) is 0.899. The van der Waals surface area contributed by atoms with Crippen LogP contribution in [0.5, 0.6) is 5.75 Å². The zero-order chi connectivity index (χ0) is 50.8. The lowest BCUT2D eigenvalue weighted by Crippen LogP contribution is -2.70. The van der Waals surface area contributed by atoms with Crippen molar-refractivity contribution >= 4 is 69.8 Å². The molecule has 16 heteroatoms. The highest BCUT2D eigenvalue weighted by molar-refractivity contribution is 8.00. The van der Waals surface area contributed by atoms with E-state index in [0.29, 0.717) is 27.9 Å². The normalized spacial score (nSPS) is 15.9. The molecule has 7 aromatic rings. The van der Waals surface area contributed by atoms with Crippen LogP contribution in [-0.2, 0) is 51.2 Å². The summed E-state index contributed by atoms with van der Waals surface area (Å²) in [5, 5.41) is 12.1. The second kappa shape index (κ2) is 22.8. The van der Waals surface area contributed by atoms with E-state index in [4.69, 9.17) is 35.6 Å². The number of hydrogen-bond acceptors (Lipinski definition) is 13. The van der Waals surface area contributed by atoms with Crippen molar-refractivity contribution in [1.82, 2.24) is 15.2 Å². The minimum Gasteiger partial charge on any atom is -0.497 e. The molecule has 1 fully saturated rings. The third kappa shape index (κ3) is 10.8. The molecule has 1 saturated heterocycles. The molecule has 0 bridgehead atoms. The Hall–Kier alpha value is -7.72. The van der Waals surface area contributed by atoms with Crippen molar-refractivity contribution in [2.45, 2.75) is 42.0 Å². The van der Waals surface area contributed by atoms with Gasteiger partial charge >= 0.3 is 11.9 Å². The molecular formula is C57H50ClN5O8S2. The summed E-state index contributed by atoms with van der Waals surface area (Å²) >= 11 is 8.93. The molecule has 0 radical (unpaired) electrons. The van der Waals surface area contributed by atoms with Gasteiger partial charge in [0.2, 0.25) is 0 Å². The molecule has 0 aliphatic carbocycles. The summed E-state index contributed by atoms with van der Waals surface area (Å²) in [6.45, 7) is 1.44. The number of methoxy groups -OCH3 is 1. The molecule has 0 unspecified atom stereocenters. The van der Waals surface area contributed by atoms with Gasteiger partial charge in [-0.25, -0.2) is 9.78 Å². The summed E-state index contributed by atoms with van der Waals surface area (Å²) in [4.78, 5) is 67.4. The minimum absolute atomic E-state index is 0.0122. The Bertz CT molecular complexity index is 2960. The Kier molecular flexibility index (Phi) is 15.7. The molecule has 370 valence electrons. The average Bonchev–Trinajstić information content (AvgIpc) is 3.91. The zero-order valence-corrected chi connectivity index (χ0v) is 42.1. The summed E-state index contributed by atoms with van der Waals surface area (Å²) in [7, 11) is 1.56. The van der Waals surface area contributed by atoms with E-state index in [-0.39, 0.29) is 24.8 Å². The SMILES string of the molecule is COc1ccc(COC(=O)C2=C(CCl)CS[C@@H]3[C@H](NC(=O)/C=N\OC[C@H](C(=O)OC(C)(c4ccccc4)c4ccccc4)c4csc(NC(c5ccccc5)(c5ccccc5)c5ccccc5)n4)C(=O)N23)cc1. The maximum Gasteiger partial charge on any atom is 0.355 e. The van der Waals surface area contributed by atoms with Gasteiger partial charge in [0, 0.05) is 17.0 Å². The molecule has 2 aliphatic rings. The second-order valence-corrected chi connectivity index (χ2v) is 19.5. The smallest absolute Gasteiger partial charge is 0.355 e. The van der Waals surface area contributed by atoms with Crippen LogP contribution in [-0.4, -0.2) is 76.6 Å². The van der Waals surface area contributed by atoms with Crippen LogP contribution in [0.4, 0.5) is 5.13 Å². The summed E-state index contributed by atoms with van der Waals surface area (Å²) < 4.78 is 17.4. The van der Waals surface area contributed by atoms with Crippen molar-refractivity contribution < 1.29 is 38.2 Å². The van der Waals surface area contributed by atoms with Crippen molar-refractivity contribution in [3.8, 4) is 5.75 Å². The Morgan fingerprint density at radius 1 is 0.795 bits per heavy atom. The predicted molar refractivity (Wildman–Crippen MR) is 283 cm³/mol. The number of oxime groups is 1. The van der Waals surface area contributed by atoms with Crippen LogP contribution in [0.15, 0.2) is 198 Å². The van der Waals surface area contributed by atoms with Gasteiger partial charge in [0.1, 0.15) is 53.7 Å². The Morgan fingerprint density at radius 2 is 1.33 bits per heavy atom. The number of ether oxygens (including phenoxy) is 3. The van der Waals surface area contributed by atoms with Crippen LogP contribution in [0.3, 0.4) is 0 Å². The van der Waals surface area contributed by atoms with E-state index in [1.807, 2.05) is 122 Å². The van der Waals surface area contributed by atoms with Gasteiger partial charge in [0.15, 0.2) is 10.7 Å². The van der Waals surface area contributed by atoms with E-state index >= 15 is 0 Å². The number of hydrogen-bond donors (Lipinski definition) is 2. The summed E-state index contributed by atoms with van der Waals surface area (Å²) in [6, 6.07) is 55.3. The zero-order valence-electron chi connectivity index (χ0n) is 39.8. The number of halogens is 1. The number of anilines is 1. The molecule has 9 rings (SSSR count). The first-order valence-corrected chi connectivity index (χ1v) is 25.8. The number of nitrogens with zero attached hydrogens (tertiary/aromatic N) is 3. The predicted octanol–water partition coefficient (Wildman–Crippen LogP) is 9.78. The molecule has 2 N–H and O–H groups in total. The summed E-state index contributed by atoms with van der Waals surface area (Å²) in [5.41, 5.74) is 3.96. The van der Waals surface area contributed by atoms with E-state index in [1.54, 1.807) is 36.8 Å². The number of nitrogens with one attached hydrogen (secondary N) is 2. The molecule has 0 saturated carbocycles. The van der Waals surface area contributed by atoms with Crippen LogP contribution in [0.2, 0.25) is 0 Å². The number of rotatable bonds is 20. The third-order valence-corrected chi connectivity index (χ3v) is 15.2. The molecule has 1 aromatic heterocycles. The van der Waals surface area contributed by atoms with Gasteiger partial charge in [-0.1, -0.05) is 169 Å². The minimum atomic E-state index is -1.23. The number of alkyl halides is 1. The van der Waals surface area contributed by atoms with Gasteiger partial charge in [-0.2, -0.15) is 0 Å².